The van der Waals surface area contributed by atoms with Crippen LogP contribution >= 0.6 is 0 Å². The van der Waals surface area contributed by atoms with Crippen molar-refractivity contribution in [2.24, 2.45) is 5.41 Å². The molecular formula is C10H24O3SSi. The van der Waals surface area contributed by atoms with E-state index in [1.165, 1.54) is 0 Å². The normalized spacial score (nSPS) is 14.7. The monoisotopic (exact) mass is 252 g/mol. The summed E-state index contributed by atoms with van der Waals surface area (Å²) in [5.74, 6) is 0. The van der Waals surface area contributed by atoms with E-state index in [0.29, 0.717) is 6.42 Å². The van der Waals surface area contributed by atoms with Crippen molar-refractivity contribution in [2.75, 3.05) is 0 Å². The molecular weight excluding hydrogens is 228 g/mol. The maximum atomic E-state index is 11.2. The van der Waals surface area contributed by atoms with Gasteiger partial charge in [-0.05, 0) is 25.7 Å². The Bertz CT molecular complexity index is 305. The minimum atomic E-state index is -3.96. The molecule has 0 aromatic heterocycles. The lowest BCUT2D eigenvalue weighted by molar-refractivity contribution is 0.312. The summed E-state index contributed by atoms with van der Waals surface area (Å²) in [6.07, 6.45) is 0.504. The highest BCUT2D eigenvalue weighted by molar-refractivity contribution is 7.87. The molecule has 0 spiro atoms. The quantitative estimate of drug-likeness (QED) is 0.604. The fourth-order valence-corrected chi connectivity index (χ4v) is 5.35. The summed E-state index contributed by atoms with van der Waals surface area (Å²) in [5.41, 5.74) is -0.0142. The predicted molar refractivity (Wildman–Crippen MR) is 67.7 cm³/mol. The van der Waals surface area contributed by atoms with Crippen LogP contribution in [0.4, 0.5) is 0 Å². The van der Waals surface area contributed by atoms with E-state index in [9.17, 15) is 8.42 Å². The largest absolute Gasteiger partial charge is 0.285 e. The Hall–Kier alpha value is 0.127. The Balaban J connectivity index is 4.73. The van der Waals surface area contributed by atoms with Gasteiger partial charge in [-0.25, -0.2) is 0 Å². The Labute approximate surface area is 95.6 Å². The van der Waals surface area contributed by atoms with Gasteiger partial charge in [0.05, 0.1) is 4.75 Å². The number of rotatable bonds is 5. The molecule has 0 aliphatic rings. The van der Waals surface area contributed by atoms with Crippen LogP contribution in [0.3, 0.4) is 0 Å². The SMILES string of the molecule is C[SiH](C)CC(C)(C)CC(C)(C)S(=O)(=O)O. The van der Waals surface area contributed by atoms with Crippen LogP contribution in [0.15, 0.2) is 0 Å². The molecule has 15 heavy (non-hydrogen) atoms. The van der Waals surface area contributed by atoms with Crippen molar-refractivity contribution in [3.05, 3.63) is 0 Å². The van der Waals surface area contributed by atoms with E-state index < -0.39 is 23.7 Å². The molecule has 0 amide bonds. The Kier molecular flexibility index (Phi) is 4.59. The van der Waals surface area contributed by atoms with Gasteiger partial charge in [0.2, 0.25) is 0 Å². The summed E-state index contributed by atoms with van der Waals surface area (Å²) in [6, 6.07) is 1.09. The topological polar surface area (TPSA) is 54.4 Å². The molecule has 0 radical (unpaired) electrons. The van der Waals surface area contributed by atoms with Crippen LogP contribution in [-0.4, -0.2) is 26.5 Å². The minimum absolute atomic E-state index is 0.0142. The van der Waals surface area contributed by atoms with Gasteiger partial charge >= 0.3 is 0 Å². The van der Waals surface area contributed by atoms with Crippen molar-refractivity contribution in [3.8, 4) is 0 Å². The lowest BCUT2D eigenvalue weighted by Gasteiger charge is -2.33. The summed E-state index contributed by atoms with van der Waals surface area (Å²) in [7, 11) is -4.67. The van der Waals surface area contributed by atoms with Crippen molar-refractivity contribution >= 4 is 18.9 Å². The average Bonchev–Trinajstić information content (AvgIpc) is 1.75. The molecule has 0 aliphatic carbocycles. The minimum Gasteiger partial charge on any atom is -0.285 e. The first kappa shape index (κ1) is 15.1. The molecule has 0 atom stereocenters. The standard InChI is InChI=1S/C10H24O3SSi/c1-9(2,8-15(5)6)7-10(3,4)14(11,12)13/h15H,7-8H2,1-6H3,(H,11,12,13). The second-order valence-corrected chi connectivity index (χ2v) is 11.4. The van der Waals surface area contributed by atoms with E-state index in [2.05, 4.69) is 26.9 Å². The highest BCUT2D eigenvalue weighted by Crippen LogP contribution is 2.36. The summed E-state index contributed by atoms with van der Waals surface area (Å²) in [5, 5.41) is 0. The zero-order chi connectivity index (χ0) is 12.5. The molecule has 0 aromatic rings. The van der Waals surface area contributed by atoms with E-state index in [4.69, 9.17) is 4.55 Å². The van der Waals surface area contributed by atoms with Crippen molar-refractivity contribution in [2.45, 2.75) is 58.0 Å². The van der Waals surface area contributed by atoms with Crippen LogP contribution in [0.25, 0.3) is 0 Å². The molecule has 0 bridgehead atoms. The summed E-state index contributed by atoms with van der Waals surface area (Å²) < 4.78 is 30.5. The van der Waals surface area contributed by atoms with Crippen LogP contribution in [0, 0.1) is 5.41 Å². The van der Waals surface area contributed by atoms with Crippen LogP contribution in [-0.2, 0) is 10.1 Å². The first-order valence-corrected chi connectivity index (χ1v) is 9.91. The van der Waals surface area contributed by atoms with Gasteiger partial charge in [-0.3, -0.25) is 4.55 Å². The van der Waals surface area contributed by atoms with Crippen molar-refractivity contribution < 1.29 is 13.0 Å². The molecule has 0 rings (SSSR count). The molecule has 5 heteroatoms. The van der Waals surface area contributed by atoms with Gasteiger partial charge in [-0.1, -0.05) is 33.0 Å². The molecule has 0 fully saturated rings. The molecule has 92 valence electrons. The highest BCUT2D eigenvalue weighted by Gasteiger charge is 2.38. The summed E-state index contributed by atoms with van der Waals surface area (Å²) in [6.45, 7) is 11.8. The van der Waals surface area contributed by atoms with Gasteiger partial charge < -0.3 is 0 Å². The second-order valence-electron chi connectivity index (χ2n) is 6.17. The highest BCUT2D eigenvalue weighted by atomic mass is 32.2. The Morgan fingerprint density at radius 1 is 1.13 bits per heavy atom. The number of hydrogen-bond acceptors (Lipinski definition) is 2. The molecule has 3 nitrogen and oxygen atoms in total. The number of hydrogen-bond donors (Lipinski definition) is 1. The van der Waals surface area contributed by atoms with E-state index in [1.807, 2.05) is 0 Å². The Morgan fingerprint density at radius 2 is 1.53 bits per heavy atom. The zero-order valence-electron chi connectivity index (χ0n) is 10.7. The van der Waals surface area contributed by atoms with Gasteiger partial charge in [0.1, 0.15) is 0 Å². The first-order valence-electron chi connectivity index (χ1n) is 5.34. The molecule has 0 unspecified atom stereocenters. The fourth-order valence-electron chi connectivity index (χ4n) is 2.42. The van der Waals surface area contributed by atoms with E-state index in [-0.39, 0.29) is 5.41 Å². The molecule has 0 saturated carbocycles. The van der Waals surface area contributed by atoms with Crippen LogP contribution in [0.5, 0.6) is 0 Å². The third kappa shape index (κ3) is 5.13. The summed E-state index contributed by atoms with van der Waals surface area (Å²) >= 11 is 0. The maximum absolute atomic E-state index is 11.2. The van der Waals surface area contributed by atoms with Gasteiger partial charge in [-0.15, -0.1) is 0 Å². The van der Waals surface area contributed by atoms with E-state index in [0.717, 1.165) is 6.04 Å². The summed E-state index contributed by atoms with van der Waals surface area (Å²) in [4.78, 5) is 0. The second kappa shape index (κ2) is 4.55. The van der Waals surface area contributed by atoms with Crippen LogP contribution in [0.2, 0.25) is 19.1 Å². The average molecular weight is 252 g/mol. The first-order chi connectivity index (χ1) is 6.37. The van der Waals surface area contributed by atoms with Crippen molar-refractivity contribution in [1.29, 1.82) is 0 Å². The van der Waals surface area contributed by atoms with Gasteiger partial charge in [0, 0.05) is 8.80 Å². The lowest BCUT2D eigenvalue weighted by Crippen LogP contribution is -2.37. The maximum Gasteiger partial charge on any atom is 0.270 e. The molecule has 0 aromatic carbocycles. The van der Waals surface area contributed by atoms with Gasteiger partial charge in [-0.2, -0.15) is 8.42 Å². The van der Waals surface area contributed by atoms with Gasteiger partial charge in [0.15, 0.2) is 0 Å². The predicted octanol–water partition coefficient (Wildman–Crippen LogP) is 2.56. The third-order valence-electron chi connectivity index (χ3n) is 2.56. The zero-order valence-corrected chi connectivity index (χ0v) is 12.6. The van der Waals surface area contributed by atoms with Gasteiger partial charge in [0.25, 0.3) is 10.1 Å². The molecule has 0 heterocycles. The third-order valence-corrected chi connectivity index (χ3v) is 6.03. The van der Waals surface area contributed by atoms with Crippen molar-refractivity contribution in [3.63, 3.8) is 0 Å². The Morgan fingerprint density at radius 3 is 1.80 bits per heavy atom. The van der Waals surface area contributed by atoms with Crippen molar-refractivity contribution in [1.82, 2.24) is 0 Å². The molecule has 0 aliphatic heterocycles. The van der Waals surface area contributed by atoms with Crippen LogP contribution < -0.4 is 0 Å². The van der Waals surface area contributed by atoms with Crippen LogP contribution in [0.1, 0.15) is 34.1 Å². The lowest BCUT2D eigenvalue weighted by atomic mass is 9.85. The molecule has 0 saturated heterocycles. The fraction of sp³-hybridized carbons (Fsp3) is 1.00. The van der Waals surface area contributed by atoms with E-state index in [1.54, 1.807) is 13.8 Å². The smallest absolute Gasteiger partial charge is 0.270 e. The van der Waals surface area contributed by atoms with E-state index >= 15 is 0 Å². The molecule has 1 N–H and O–H groups in total.